The molecule has 1 aromatic carbocycles. The van der Waals surface area contributed by atoms with E-state index in [0.717, 1.165) is 5.56 Å². The first-order chi connectivity index (χ1) is 6.80. The zero-order valence-corrected chi connectivity index (χ0v) is 8.86. The van der Waals surface area contributed by atoms with Crippen LogP contribution in [0.1, 0.15) is 11.1 Å². The maximum Gasteiger partial charge on any atom is 0.403 e. The minimum atomic E-state index is -4.36. The Morgan fingerprint density at radius 3 is 2.47 bits per heavy atom. The molecule has 1 unspecified atom stereocenters. The smallest absolute Gasteiger partial charge is 0.320 e. The van der Waals surface area contributed by atoms with Crippen molar-refractivity contribution in [3.05, 3.63) is 34.3 Å². The molecule has 1 atom stereocenters. The summed E-state index contributed by atoms with van der Waals surface area (Å²) in [6.07, 6.45) is -4.61. The first-order valence-electron chi connectivity index (χ1n) is 4.38. The summed E-state index contributed by atoms with van der Waals surface area (Å²) in [5.74, 6) is 0. The van der Waals surface area contributed by atoms with Crippen molar-refractivity contribution in [1.82, 2.24) is 0 Å². The highest BCUT2D eigenvalue weighted by Crippen LogP contribution is 2.23. The van der Waals surface area contributed by atoms with Gasteiger partial charge in [-0.15, -0.1) is 0 Å². The second-order valence-corrected chi connectivity index (χ2v) is 3.84. The number of hydrogen-bond donors (Lipinski definition) is 1. The molecule has 0 saturated heterocycles. The molecule has 0 heterocycles. The molecule has 0 aliphatic rings. The fourth-order valence-corrected chi connectivity index (χ4v) is 1.34. The lowest BCUT2D eigenvalue weighted by Crippen LogP contribution is -2.39. The molecular formula is C10H11ClF3N. The minimum Gasteiger partial charge on any atom is -0.320 e. The van der Waals surface area contributed by atoms with Crippen molar-refractivity contribution in [2.24, 2.45) is 5.73 Å². The van der Waals surface area contributed by atoms with E-state index < -0.39 is 12.2 Å². The Bertz CT molecular complexity index is 349. The number of halogens is 4. The van der Waals surface area contributed by atoms with Gasteiger partial charge in [-0.05, 0) is 30.5 Å². The van der Waals surface area contributed by atoms with Crippen LogP contribution in [0, 0.1) is 6.92 Å². The third-order valence-corrected chi connectivity index (χ3v) is 2.52. The van der Waals surface area contributed by atoms with Crippen molar-refractivity contribution in [3.63, 3.8) is 0 Å². The largest absolute Gasteiger partial charge is 0.403 e. The second kappa shape index (κ2) is 4.41. The van der Waals surface area contributed by atoms with Crippen LogP contribution in [-0.2, 0) is 6.42 Å². The standard InChI is InChI=1S/C10H11ClF3N/c1-6-2-3-7(4-8(6)11)5-9(15)10(12,13)14/h2-4,9H,5,15H2,1H3. The van der Waals surface area contributed by atoms with Gasteiger partial charge in [-0.2, -0.15) is 13.2 Å². The van der Waals surface area contributed by atoms with Gasteiger partial charge in [0.05, 0.1) is 0 Å². The van der Waals surface area contributed by atoms with Gasteiger partial charge in [-0.25, -0.2) is 0 Å². The highest BCUT2D eigenvalue weighted by molar-refractivity contribution is 6.31. The van der Waals surface area contributed by atoms with Gasteiger partial charge in [0.15, 0.2) is 0 Å². The van der Waals surface area contributed by atoms with E-state index >= 15 is 0 Å². The highest BCUT2D eigenvalue weighted by atomic mass is 35.5. The van der Waals surface area contributed by atoms with Crippen LogP contribution in [0.2, 0.25) is 5.02 Å². The minimum absolute atomic E-state index is 0.247. The molecule has 84 valence electrons. The van der Waals surface area contributed by atoms with Crippen LogP contribution < -0.4 is 5.73 Å². The number of hydrogen-bond acceptors (Lipinski definition) is 1. The first-order valence-corrected chi connectivity index (χ1v) is 4.76. The number of benzene rings is 1. The number of rotatable bonds is 2. The van der Waals surface area contributed by atoms with Gasteiger partial charge in [0.1, 0.15) is 6.04 Å². The van der Waals surface area contributed by atoms with Crippen molar-refractivity contribution in [2.45, 2.75) is 25.6 Å². The van der Waals surface area contributed by atoms with Gasteiger partial charge in [0.25, 0.3) is 0 Å². The Balaban J connectivity index is 2.78. The van der Waals surface area contributed by atoms with Crippen molar-refractivity contribution in [3.8, 4) is 0 Å². The average Bonchev–Trinajstić information content (AvgIpc) is 2.10. The highest BCUT2D eigenvalue weighted by Gasteiger charge is 2.36. The molecule has 15 heavy (non-hydrogen) atoms. The molecule has 0 aliphatic carbocycles. The fourth-order valence-electron chi connectivity index (χ4n) is 1.13. The Hall–Kier alpha value is -0.740. The third kappa shape index (κ3) is 3.39. The molecule has 5 heteroatoms. The lowest BCUT2D eigenvalue weighted by molar-refractivity contribution is -0.147. The summed E-state index contributed by atoms with van der Waals surface area (Å²) in [4.78, 5) is 0. The number of aryl methyl sites for hydroxylation is 1. The molecule has 0 spiro atoms. The topological polar surface area (TPSA) is 26.0 Å². The van der Waals surface area contributed by atoms with Crippen LogP contribution in [0.15, 0.2) is 18.2 Å². The zero-order chi connectivity index (χ0) is 11.6. The fraction of sp³-hybridized carbons (Fsp3) is 0.400. The van der Waals surface area contributed by atoms with Gasteiger partial charge in [0, 0.05) is 5.02 Å². The Kier molecular flexibility index (Phi) is 3.62. The lowest BCUT2D eigenvalue weighted by Gasteiger charge is -2.15. The maximum atomic E-state index is 12.2. The van der Waals surface area contributed by atoms with E-state index in [0.29, 0.717) is 10.6 Å². The van der Waals surface area contributed by atoms with E-state index in [9.17, 15) is 13.2 Å². The van der Waals surface area contributed by atoms with E-state index in [2.05, 4.69) is 0 Å². The molecule has 0 aliphatic heterocycles. The quantitative estimate of drug-likeness (QED) is 0.841. The van der Waals surface area contributed by atoms with Crippen LogP contribution >= 0.6 is 11.6 Å². The van der Waals surface area contributed by atoms with E-state index in [-0.39, 0.29) is 6.42 Å². The van der Waals surface area contributed by atoms with Gasteiger partial charge >= 0.3 is 6.18 Å². The maximum absolute atomic E-state index is 12.2. The zero-order valence-electron chi connectivity index (χ0n) is 8.11. The first kappa shape index (κ1) is 12.3. The van der Waals surface area contributed by atoms with Crippen LogP contribution in [0.5, 0.6) is 0 Å². The lowest BCUT2D eigenvalue weighted by atomic mass is 10.0. The molecule has 2 N–H and O–H groups in total. The summed E-state index contributed by atoms with van der Waals surface area (Å²) in [6.45, 7) is 1.79. The third-order valence-electron chi connectivity index (χ3n) is 2.11. The molecule has 0 radical (unpaired) electrons. The van der Waals surface area contributed by atoms with Gasteiger partial charge in [-0.3, -0.25) is 0 Å². The van der Waals surface area contributed by atoms with E-state index in [1.165, 1.54) is 6.07 Å². The SMILES string of the molecule is Cc1ccc(CC(N)C(F)(F)F)cc1Cl. The van der Waals surface area contributed by atoms with Crippen molar-refractivity contribution in [2.75, 3.05) is 0 Å². The van der Waals surface area contributed by atoms with Crippen LogP contribution in [-0.4, -0.2) is 12.2 Å². The summed E-state index contributed by atoms with van der Waals surface area (Å²) in [5.41, 5.74) is 6.33. The molecular weight excluding hydrogens is 227 g/mol. The monoisotopic (exact) mass is 237 g/mol. The number of nitrogens with two attached hydrogens (primary N) is 1. The van der Waals surface area contributed by atoms with Crippen LogP contribution in [0.25, 0.3) is 0 Å². The molecule has 1 aromatic rings. The molecule has 0 amide bonds. The molecule has 1 nitrogen and oxygen atoms in total. The molecule has 1 rings (SSSR count). The van der Waals surface area contributed by atoms with Crippen molar-refractivity contribution in [1.29, 1.82) is 0 Å². The van der Waals surface area contributed by atoms with Gasteiger partial charge < -0.3 is 5.73 Å². The molecule has 0 aromatic heterocycles. The predicted octanol–water partition coefficient (Wildman–Crippen LogP) is 3.08. The Morgan fingerprint density at radius 2 is 2.00 bits per heavy atom. The number of alkyl halides is 3. The van der Waals surface area contributed by atoms with Crippen LogP contribution in [0.3, 0.4) is 0 Å². The molecule has 0 bridgehead atoms. The van der Waals surface area contributed by atoms with Crippen molar-refractivity contribution < 1.29 is 13.2 Å². The summed E-state index contributed by atoms with van der Waals surface area (Å²) in [5, 5.41) is 0.460. The summed E-state index contributed by atoms with van der Waals surface area (Å²) < 4.78 is 36.5. The van der Waals surface area contributed by atoms with Gasteiger partial charge in [0.2, 0.25) is 0 Å². The Morgan fingerprint density at radius 1 is 1.40 bits per heavy atom. The average molecular weight is 238 g/mol. The summed E-state index contributed by atoms with van der Waals surface area (Å²) in [6, 6.07) is 2.96. The van der Waals surface area contributed by atoms with E-state index in [1.807, 2.05) is 0 Å². The second-order valence-electron chi connectivity index (χ2n) is 3.44. The molecule has 0 fully saturated rings. The summed E-state index contributed by atoms with van der Waals surface area (Å²) in [7, 11) is 0. The summed E-state index contributed by atoms with van der Waals surface area (Å²) >= 11 is 5.79. The normalized spacial score (nSPS) is 14.0. The van der Waals surface area contributed by atoms with E-state index in [4.69, 9.17) is 17.3 Å². The molecule has 0 saturated carbocycles. The predicted molar refractivity (Wildman–Crippen MR) is 53.9 cm³/mol. The van der Waals surface area contributed by atoms with Gasteiger partial charge in [-0.1, -0.05) is 23.7 Å². The van der Waals surface area contributed by atoms with Crippen LogP contribution in [0.4, 0.5) is 13.2 Å². The Labute approximate surface area is 91.0 Å². The van der Waals surface area contributed by atoms with E-state index in [1.54, 1.807) is 19.1 Å². The van der Waals surface area contributed by atoms with Crippen molar-refractivity contribution >= 4 is 11.6 Å².